The van der Waals surface area contributed by atoms with Gasteiger partial charge in [-0.1, -0.05) is 6.07 Å². The Bertz CT molecular complexity index is 703. The van der Waals surface area contributed by atoms with Crippen LogP contribution in [0.5, 0.6) is 0 Å². The first-order chi connectivity index (χ1) is 10.1. The number of hydrogen-bond donors (Lipinski definition) is 2. The van der Waals surface area contributed by atoms with Crippen LogP contribution in [0.15, 0.2) is 42.7 Å². The van der Waals surface area contributed by atoms with Crippen molar-refractivity contribution in [1.29, 1.82) is 0 Å². The van der Waals surface area contributed by atoms with Gasteiger partial charge in [0.05, 0.1) is 5.92 Å². The lowest BCUT2D eigenvalue weighted by Crippen LogP contribution is -2.30. The second-order valence-electron chi connectivity index (χ2n) is 4.76. The highest BCUT2D eigenvalue weighted by atomic mass is 19.1. The van der Waals surface area contributed by atoms with E-state index in [1.807, 2.05) is 0 Å². The summed E-state index contributed by atoms with van der Waals surface area (Å²) < 4.78 is 13.2. The van der Waals surface area contributed by atoms with Gasteiger partial charge in [0.2, 0.25) is 11.8 Å². The van der Waals surface area contributed by atoms with Crippen LogP contribution in [-0.2, 0) is 9.59 Å². The largest absolute Gasteiger partial charge is 0.326 e. The van der Waals surface area contributed by atoms with E-state index in [4.69, 9.17) is 0 Å². The summed E-state index contributed by atoms with van der Waals surface area (Å²) in [6, 6.07) is 7.35. The maximum absolute atomic E-state index is 13.2. The average molecular weight is 285 g/mol. The third-order valence-corrected chi connectivity index (χ3v) is 3.32. The molecule has 2 aromatic rings. The summed E-state index contributed by atoms with van der Waals surface area (Å²) in [6.07, 6.45) is 3.16. The van der Waals surface area contributed by atoms with Gasteiger partial charge >= 0.3 is 0 Å². The number of hydrogen-bond acceptors (Lipinski definition) is 3. The lowest BCUT2D eigenvalue weighted by Gasteiger charge is -2.24. The minimum absolute atomic E-state index is 0.0373. The fourth-order valence-corrected chi connectivity index (χ4v) is 2.34. The lowest BCUT2D eigenvalue weighted by molar-refractivity contribution is -0.123. The van der Waals surface area contributed by atoms with Gasteiger partial charge in [-0.15, -0.1) is 0 Å². The number of benzene rings is 1. The van der Waals surface area contributed by atoms with Crippen LogP contribution >= 0.6 is 0 Å². The topological polar surface area (TPSA) is 71.1 Å². The van der Waals surface area contributed by atoms with Crippen LogP contribution in [0.1, 0.15) is 17.9 Å². The van der Waals surface area contributed by atoms with E-state index in [-0.39, 0.29) is 18.2 Å². The van der Waals surface area contributed by atoms with E-state index in [1.54, 1.807) is 24.5 Å². The van der Waals surface area contributed by atoms with Crippen molar-refractivity contribution in [2.24, 2.45) is 0 Å². The number of amides is 2. The smallest absolute Gasteiger partial charge is 0.232 e. The standard InChI is InChI=1S/C15H12FN3O2/c16-9-1-2-11-12(8-14(20)19-13(11)7-9)15(21)18-10-3-5-17-6-4-10/h1-7,12H,8H2,(H,19,20)(H,17,18,21)/t12-/m0/s1. The Balaban J connectivity index is 1.89. The molecule has 5 nitrogen and oxygen atoms in total. The Hall–Kier alpha value is -2.76. The van der Waals surface area contributed by atoms with E-state index in [9.17, 15) is 14.0 Å². The number of carbonyl (C=O) groups is 2. The van der Waals surface area contributed by atoms with Crippen LogP contribution in [0.25, 0.3) is 0 Å². The van der Waals surface area contributed by atoms with Crippen molar-refractivity contribution in [3.05, 3.63) is 54.1 Å². The number of rotatable bonds is 2. The van der Waals surface area contributed by atoms with E-state index in [0.29, 0.717) is 16.9 Å². The first kappa shape index (κ1) is 13.2. The van der Waals surface area contributed by atoms with Crippen LogP contribution in [0.3, 0.4) is 0 Å². The molecule has 6 heteroatoms. The molecule has 0 unspecified atom stereocenters. The van der Waals surface area contributed by atoms with E-state index in [2.05, 4.69) is 15.6 Å². The minimum atomic E-state index is -0.637. The Kier molecular flexibility index (Phi) is 3.35. The molecule has 2 N–H and O–H groups in total. The summed E-state index contributed by atoms with van der Waals surface area (Å²) in [5, 5.41) is 5.32. The summed E-state index contributed by atoms with van der Waals surface area (Å²) in [6.45, 7) is 0. The third-order valence-electron chi connectivity index (χ3n) is 3.32. The Morgan fingerprint density at radius 2 is 2.05 bits per heavy atom. The monoisotopic (exact) mass is 285 g/mol. The van der Waals surface area contributed by atoms with E-state index in [1.165, 1.54) is 18.2 Å². The molecule has 0 spiro atoms. The normalized spacial score (nSPS) is 16.8. The van der Waals surface area contributed by atoms with Gasteiger partial charge in [-0.05, 0) is 29.8 Å². The number of anilines is 2. The van der Waals surface area contributed by atoms with Gasteiger partial charge in [0.1, 0.15) is 5.82 Å². The molecule has 1 aliphatic heterocycles. The summed E-state index contributed by atoms with van der Waals surface area (Å²) in [4.78, 5) is 27.9. The molecule has 0 saturated heterocycles. The quantitative estimate of drug-likeness (QED) is 0.889. The molecule has 3 rings (SSSR count). The molecule has 1 atom stereocenters. The first-order valence-electron chi connectivity index (χ1n) is 6.43. The number of pyridine rings is 1. The zero-order valence-electron chi connectivity index (χ0n) is 11.0. The average Bonchev–Trinajstić information content (AvgIpc) is 2.47. The highest BCUT2D eigenvalue weighted by Gasteiger charge is 2.30. The molecule has 2 amide bonds. The maximum Gasteiger partial charge on any atom is 0.232 e. The number of nitrogens with zero attached hydrogens (tertiary/aromatic N) is 1. The Labute approximate surface area is 120 Å². The van der Waals surface area contributed by atoms with Gasteiger partial charge in [0.25, 0.3) is 0 Å². The predicted octanol–water partition coefficient (Wildman–Crippen LogP) is 2.29. The fourth-order valence-electron chi connectivity index (χ4n) is 2.34. The van der Waals surface area contributed by atoms with Crippen molar-refractivity contribution in [3.63, 3.8) is 0 Å². The van der Waals surface area contributed by atoms with Crippen molar-refractivity contribution in [2.45, 2.75) is 12.3 Å². The number of aromatic nitrogens is 1. The zero-order chi connectivity index (χ0) is 14.8. The Morgan fingerprint density at radius 1 is 1.29 bits per heavy atom. The molecule has 21 heavy (non-hydrogen) atoms. The van der Waals surface area contributed by atoms with Crippen LogP contribution in [0, 0.1) is 5.82 Å². The van der Waals surface area contributed by atoms with E-state index >= 15 is 0 Å². The molecule has 1 aliphatic rings. The van der Waals surface area contributed by atoms with Crippen LogP contribution in [0.4, 0.5) is 15.8 Å². The maximum atomic E-state index is 13.2. The lowest BCUT2D eigenvalue weighted by atomic mass is 9.89. The van der Waals surface area contributed by atoms with Crippen molar-refractivity contribution in [1.82, 2.24) is 4.98 Å². The molecule has 0 radical (unpaired) electrons. The zero-order valence-corrected chi connectivity index (χ0v) is 11.0. The molecule has 1 aromatic heterocycles. The van der Waals surface area contributed by atoms with Gasteiger partial charge in [-0.2, -0.15) is 0 Å². The molecular weight excluding hydrogens is 273 g/mol. The second kappa shape index (κ2) is 5.32. The Morgan fingerprint density at radius 3 is 2.81 bits per heavy atom. The second-order valence-corrected chi connectivity index (χ2v) is 4.76. The molecule has 0 bridgehead atoms. The SMILES string of the molecule is O=C1C[C@H](C(=O)Nc2ccncc2)c2ccc(F)cc2N1. The summed E-state index contributed by atoms with van der Waals surface area (Å²) in [5.74, 6) is -1.70. The van der Waals surface area contributed by atoms with Gasteiger partial charge < -0.3 is 10.6 Å². The van der Waals surface area contributed by atoms with Gasteiger partial charge in [0, 0.05) is 30.2 Å². The summed E-state index contributed by atoms with van der Waals surface area (Å²) in [7, 11) is 0. The molecule has 106 valence electrons. The molecule has 0 saturated carbocycles. The van der Waals surface area contributed by atoms with Crippen LogP contribution in [0.2, 0.25) is 0 Å². The molecule has 0 aliphatic carbocycles. The number of halogens is 1. The van der Waals surface area contributed by atoms with Crippen molar-refractivity contribution < 1.29 is 14.0 Å². The summed E-state index contributed by atoms with van der Waals surface area (Å²) >= 11 is 0. The number of carbonyl (C=O) groups excluding carboxylic acids is 2. The number of nitrogens with one attached hydrogen (secondary N) is 2. The third kappa shape index (κ3) is 2.74. The van der Waals surface area contributed by atoms with Crippen LogP contribution in [-0.4, -0.2) is 16.8 Å². The van der Waals surface area contributed by atoms with E-state index in [0.717, 1.165) is 0 Å². The van der Waals surface area contributed by atoms with E-state index < -0.39 is 11.7 Å². The van der Waals surface area contributed by atoms with Crippen LogP contribution < -0.4 is 10.6 Å². The molecule has 0 fully saturated rings. The van der Waals surface area contributed by atoms with Crippen molar-refractivity contribution in [2.75, 3.05) is 10.6 Å². The summed E-state index contributed by atoms with van der Waals surface area (Å²) in [5.41, 5.74) is 1.56. The molecule has 2 heterocycles. The van der Waals surface area contributed by atoms with Crippen molar-refractivity contribution >= 4 is 23.2 Å². The molecular formula is C15H12FN3O2. The number of fused-ring (bicyclic) bond motifs is 1. The predicted molar refractivity (Wildman–Crippen MR) is 75.3 cm³/mol. The minimum Gasteiger partial charge on any atom is -0.326 e. The highest BCUT2D eigenvalue weighted by molar-refractivity contribution is 6.05. The first-order valence-corrected chi connectivity index (χ1v) is 6.43. The van der Waals surface area contributed by atoms with Gasteiger partial charge in [0.15, 0.2) is 0 Å². The van der Waals surface area contributed by atoms with Gasteiger partial charge in [-0.3, -0.25) is 14.6 Å². The fraction of sp³-hybridized carbons (Fsp3) is 0.133. The highest BCUT2D eigenvalue weighted by Crippen LogP contribution is 2.33. The molecule has 1 aromatic carbocycles. The van der Waals surface area contributed by atoms with Crippen molar-refractivity contribution in [3.8, 4) is 0 Å². The van der Waals surface area contributed by atoms with Gasteiger partial charge in [-0.25, -0.2) is 4.39 Å².